The van der Waals surface area contributed by atoms with Gasteiger partial charge >= 0.3 is 0 Å². The van der Waals surface area contributed by atoms with Crippen LogP contribution in [0.2, 0.25) is 5.02 Å². The SMILES string of the molecule is CCCNC(=O)[C@H]1[C@H]2C(=O)N(CCO)C(C(=O)Nc3ccccc3Cl)C23CC(C)[C@]1(C)O3. The van der Waals surface area contributed by atoms with Crippen LogP contribution in [0.5, 0.6) is 0 Å². The van der Waals surface area contributed by atoms with Crippen molar-refractivity contribution in [2.45, 2.75) is 50.9 Å². The highest BCUT2D eigenvalue weighted by molar-refractivity contribution is 6.33. The van der Waals surface area contributed by atoms with Crippen LogP contribution in [0.4, 0.5) is 5.69 Å². The Balaban J connectivity index is 1.74. The Hall–Kier alpha value is -2.16. The van der Waals surface area contributed by atoms with E-state index in [9.17, 15) is 19.5 Å². The largest absolute Gasteiger partial charge is 0.395 e. The molecular weight excluding hydrogens is 434 g/mol. The zero-order valence-electron chi connectivity index (χ0n) is 18.6. The Morgan fingerprint density at radius 1 is 1.31 bits per heavy atom. The van der Waals surface area contributed by atoms with Crippen molar-refractivity contribution < 1.29 is 24.2 Å². The maximum atomic E-state index is 13.6. The van der Waals surface area contributed by atoms with E-state index in [1.807, 2.05) is 20.8 Å². The van der Waals surface area contributed by atoms with E-state index >= 15 is 0 Å². The van der Waals surface area contributed by atoms with Gasteiger partial charge in [0.25, 0.3) is 0 Å². The number of halogens is 1. The summed E-state index contributed by atoms with van der Waals surface area (Å²) in [6.45, 7) is 6.01. The summed E-state index contributed by atoms with van der Waals surface area (Å²) in [5, 5.41) is 15.8. The quantitative estimate of drug-likeness (QED) is 0.571. The lowest BCUT2D eigenvalue weighted by molar-refractivity contribution is -0.146. The van der Waals surface area contributed by atoms with Crippen molar-refractivity contribution in [1.82, 2.24) is 10.2 Å². The summed E-state index contributed by atoms with van der Waals surface area (Å²) in [6.07, 6.45) is 1.24. The van der Waals surface area contributed by atoms with Gasteiger partial charge in [0.2, 0.25) is 17.7 Å². The van der Waals surface area contributed by atoms with Gasteiger partial charge in [0.05, 0.1) is 34.8 Å². The van der Waals surface area contributed by atoms with Crippen LogP contribution >= 0.6 is 11.6 Å². The predicted molar refractivity (Wildman–Crippen MR) is 119 cm³/mol. The summed E-state index contributed by atoms with van der Waals surface area (Å²) >= 11 is 6.23. The van der Waals surface area contributed by atoms with Gasteiger partial charge in [-0.3, -0.25) is 14.4 Å². The summed E-state index contributed by atoms with van der Waals surface area (Å²) in [5.74, 6) is -2.51. The van der Waals surface area contributed by atoms with E-state index in [-0.39, 0.29) is 30.9 Å². The van der Waals surface area contributed by atoms with E-state index in [4.69, 9.17) is 16.3 Å². The van der Waals surface area contributed by atoms with Gasteiger partial charge in [-0.1, -0.05) is 37.6 Å². The summed E-state index contributed by atoms with van der Waals surface area (Å²) in [6, 6.07) is 5.88. The average Bonchev–Trinajstić information content (AvgIpc) is 3.25. The van der Waals surface area contributed by atoms with E-state index in [0.717, 1.165) is 6.42 Å². The Morgan fingerprint density at radius 2 is 2.03 bits per heavy atom. The molecule has 0 saturated carbocycles. The molecule has 2 bridgehead atoms. The first-order chi connectivity index (χ1) is 15.2. The maximum Gasteiger partial charge on any atom is 0.250 e. The third kappa shape index (κ3) is 3.23. The molecule has 1 spiro atoms. The van der Waals surface area contributed by atoms with Gasteiger partial charge in [-0.2, -0.15) is 0 Å². The number of amides is 3. The number of carbonyl (C=O) groups is 3. The number of benzene rings is 1. The van der Waals surface area contributed by atoms with Crippen LogP contribution in [0.1, 0.15) is 33.6 Å². The number of anilines is 1. The number of para-hydroxylation sites is 1. The van der Waals surface area contributed by atoms with Gasteiger partial charge in [-0.05, 0) is 37.8 Å². The summed E-state index contributed by atoms with van der Waals surface area (Å²) < 4.78 is 6.55. The third-order valence-electron chi connectivity index (χ3n) is 7.37. The van der Waals surface area contributed by atoms with Gasteiger partial charge in [-0.15, -0.1) is 0 Å². The fourth-order valence-electron chi connectivity index (χ4n) is 5.91. The van der Waals surface area contributed by atoms with Crippen molar-refractivity contribution in [3.8, 4) is 0 Å². The second-order valence-corrected chi connectivity index (χ2v) is 9.63. The molecule has 4 rings (SSSR count). The lowest BCUT2D eigenvalue weighted by Gasteiger charge is -2.36. The Bertz CT molecular complexity index is 942. The highest BCUT2D eigenvalue weighted by atomic mass is 35.5. The first-order valence-electron chi connectivity index (χ1n) is 11.2. The van der Waals surface area contributed by atoms with Crippen LogP contribution in [0.15, 0.2) is 24.3 Å². The topological polar surface area (TPSA) is 108 Å². The van der Waals surface area contributed by atoms with Crippen LogP contribution in [-0.2, 0) is 19.1 Å². The van der Waals surface area contributed by atoms with Crippen LogP contribution in [0.25, 0.3) is 0 Å². The Labute approximate surface area is 192 Å². The molecule has 3 heterocycles. The molecule has 3 aliphatic heterocycles. The smallest absolute Gasteiger partial charge is 0.250 e. The van der Waals surface area contributed by atoms with E-state index < -0.39 is 35.0 Å². The Kier molecular flexibility index (Phi) is 5.98. The van der Waals surface area contributed by atoms with Gasteiger partial charge in [0, 0.05) is 13.1 Å². The molecule has 3 unspecified atom stereocenters. The van der Waals surface area contributed by atoms with E-state index in [0.29, 0.717) is 23.7 Å². The number of nitrogens with one attached hydrogen (secondary N) is 2. The molecule has 9 heteroatoms. The lowest BCUT2D eigenvalue weighted by atomic mass is 9.62. The number of ether oxygens (including phenoxy) is 1. The fourth-order valence-corrected chi connectivity index (χ4v) is 6.09. The van der Waals surface area contributed by atoms with Crippen molar-refractivity contribution in [2.24, 2.45) is 17.8 Å². The molecule has 3 amide bonds. The molecule has 1 aromatic carbocycles. The van der Waals surface area contributed by atoms with Crippen molar-refractivity contribution in [3.63, 3.8) is 0 Å². The van der Waals surface area contributed by atoms with Crippen molar-refractivity contribution in [3.05, 3.63) is 29.3 Å². The molecule has 0 aromatic heterocycles. The number of rotatable bonds is 7. The number of likely N-dealkylation sites (tertiary alicyclic amines) is 1. The van der Waals surface area contributed by atoms with Gasteiger partial charge in [-0.25, -0.2) is 0 Å². The molecule has 3 N–H and O–H groups in total. The minimum Gasteiger partial charge on any atom is -0.395 e. The molecule has 3 fully saturated rings. The van der Waals surface area contributed by atoms with Gasteiger partial charge in [0.1, 0.15) is 11.6 Å². The number of carbonyl (C=O) groups excluding carboxylic acids is 3. The number of nitrogens with zero attached hydrogens (tertiary/aromatic N) is 1. The monoisotopic (exact) mass is 463 g/mol. The number of hydrogen-bond donors (Lipinski definition) is 3. The number of aliphatic hydroxyl groups is 1. The molecule has 3 saturated heterocycles. The van der Waals surface area contributed by atoms with Gasteiger partial charge < -0.3 is 25.4 Å². The molecule has 8 nitrogen and oxygen atoms in total. The van der Waals surface area contributed by atoms with Crippen molar-refractivity contribution in [2.75, 3.05) is 25.0 Å². The number of β-amino-alcohol motifs (C(OH)–C–C–N with tert-alkyl or cyclic N) is 1. The molecule has 174 valence electrons. The highest BCUT2D eigenvalue weighted by Gasteiger charge is 2.79. The van der Waals surface area contributed by atoms with Crippen LogP contribution in [0, 0.1) is 17.8 Å². The van der Waals surface area contributed by atoms with E-state index in [1.165, 1.54) is 4.90 Å². The molecule has 6 atom stereocenters. The predicted octanol–water partition coefficient (Wildman–Crippen LogP) is 1.81. The van der Waals surface area contributed by atoms with Crippen LogP contribution in [-0.4, -0.2) is 64.7 Å². The normalized spacial score (nSPS) is 35.2. The standard InChI is InChI=1S/C23H30ClN3O5/c1-4-9-25-19(29)16-17-21(31)27(10-11-28)18(23(17)12-13(2)22(16,3)32-23)20(30)26-15-8-6-5-7-14(15)24/h5-8,13,16-18,28H,4,9-12H2,1-3H3,(H,25,29)(H,26,30)/t13?,16-,17+,18?,22+,23?/m1/s1. The average molecular weight is 464 g/mol. The number of fused-ring (bicyclic) bond motifs is 1. The summed E-state index contributed by atoms with van der Waals surface area (Å²) in [5.41, 5.74) is -1.56. The molecular formula is C23H30ClN3O5. The van der Waals surface area contributed by atoms with E-state index in [2.05, 4.69) is 10.6 Å². The summed E-state index contributed by atoms with van der Waals surface area (Å²) in [7, 11) is 0. The number of aliphatic hydroxyl groups excluding tert-OH is 1. The first kappa shape index (κ1) is 23.0. The minimum absolute atomic E-state index is 0.0184. The van der Waals surface area contributed by atoms with Crippen LogP contribution in [0.3, 0.4) is 0 Å². The second-order valence-electron chi connectivity index (χ2n) is 9.22. The minimum atomic E-state index is -1.14. The lowest BCUT2D eigenvalue weighted by Crippen LogP contribution is -2.54. The highest BCUT2D eigenvalue weighted by Crippen LogP contribution is 2.65. The molecule has 1 aromatic rings. The first-order valence-corrected chi connectivity index (χ1v) is 11.5. The maximum absolute atomic E-state index is 13.6. The zero-order chi connectivity index (χ0) is 23.3. The molecule has 0 aliphatic carbocycles. The van der Waals surface area contributed by atoms with Gasteiger partial charge in [0.15, 0.2) is 0 Å². The fraction of sp³-hybridized carbons (Fsp3) is 0.609. The molecule has 32 heavy (non-hydrogen) atoms. The number of hydrogen-bond acceptors (Lipinski definition) is 5. The zero-order valence-corrected chi connectivity index (χ0v) is 19.3. The van der Waals surface area contributed by atoms with Crippen molar-refractivity contribution in [1.29, 1.82) is 0 Å². The van der Waals surface area contributed by atoms with Crippen LogP contribution < -0.4 is 10.6 Å². The second kappa shape index (κ2) is 8.32. The molecule has 3 aliphatic rings. The Morgan fingerprint density at radius 3 is 2.69 bits per heavy atom. The van der Waals surface area contributed by atoms with Crippen molar-refractivity contribution >= 4 is 35.0 Å². The van der Waals surface area contributed by atoms with E-state index in [1.54, 1.807) is 24.3 Å². The third-order valence-corrected chi connectivity index (χ3v) is 7.70. The summed E-state index contributed by atoms with van der Waals surface area (Å²) in [4.78, 5) is 41.7. The molecule has 0 radical (unpaired) electrons.